The highest BCUT2D eigenvalue weighted by Crippen LogP contribution is 2.40. The zero-order valence-electron chi connectivity index (χ0n) is 13.2. The molecule has 2 aromatic heterocycles. The monoisotopic (exact) mass is 326 g/mol. The highest BCUT2D eigenvalue weighted by Gasteiger charge is 2.14. The van der Waals surface area contributed by atoms with E-state index in [1.807, 2.05) is 24.3 Å². The van der Waals surface area contributed by atoms with Crippen LogP contribution < -0.4 is 0 Å². The van der Waals surface area contributed by atoms with E-state index in [1.54, 1.807) is 0 Å². The number of thiophene rings is 1. The third kappa shape index (κ3) is 1.95. The van der Waals surface area contributed by atoms with E-state index in [9.17, 15) is 0 Å². The first kappa shape index (κ1) is 13.6. The van der Waals surface area contributed by atoms with Crippen LogP contribution in [0.4, 0.5) is 0 Å². The van der Waals surface area contributed by atoms with Crippen molar-refractivity contribution >= 4 is 42.4 Å². The summed E-state index contributed by atoms with van der Waals surface area (Å²) >= 11 is 1.84. The van der Waals surface area contributed by atoms with Crippen molar-refractivity contribution in [1.29, 1.82) is 0 Å². The van der Waals surface area contributed by atoms with Crippen molar-refractivity contribution in [3.8, 4) is 11.3 Å². The molecule has 2 nitrogen and oxygen atoms in total. The van der Waals surface area contributed by atoms with E-state index in [1.165, 1.54) is 25.7 Å². The quantitative estimate of drug-likeness (QED) is 0.379. The Kier molecular flexibility index (Phi) is 2.91. The van der Waals surface area contributed by atoms with Crippen molar-refractivity contribution in [3.05, 3.63) is 72.6 Å². The van der Waals surface area contributed by atoms with E-state index < -0.39 is 0 Å². The molecule has 3 heteroatoms. The zero-order chi connectivity index (χ0) is 16.1. The Bertz CT molecular complexity index is 1220. The van der Waals surface area contributed by atoms with Crippen LogP contribution in [0.3, 0.4) is 0 Å². The van der Waals surface area contributed by atoms with Crippen molar-refractivity contribution in [2.45, 2.75) is 6.92 Å². The summed E-state index contributed by atoms with van der Waals surface area (Å²) < 4.78 is 2.61. The van der Waals surface area contributed by atoms with E-state index in [0.717, 1.165) is 22.4 Å². The molecular formula is C21H14N2S. The first-order chi connectivity index (χ1) is 11.8. The first-order valence-electron chi connectivity index (χ1n) is 7.95. The largest absolute Gasteiger partial charge is 0.233 e. The molecule has 0 fully saturated rings. The Morgan fingerprint density at radius 2 is 1.46 bits per heavy atom. The van der Waals surface area contributed by atoms with Crippen molar-refractivity contribution < 1.29 is 0 Å². The van der Waals surface area contributed by atoms with Crippen LogP contribution in [0.1, 0.15) is 5.82 Å². The minimum absolute atomic E-state index is 0.806. The first-order valence-corrected chi connectivity index (χ1v) is 8.77. The standard InChI is InChI=1S/C21H14N2S/c1-13-22-17-10-4-2-7-14(17)21(23-13)16-9-6-12-19-20(16)15-8-3-5-11-18(15)24-19/h2-12H,1H3. The SMILES string of the molecule is Cc1nc(-c2cccc3sc4ccccc4c23)c2ccccc2n1. The average molecular weight is 326 g/mol. The van der Waals surface area contributed by atoms with Crippen LogP contribution in [0.15, 0.2) is 66.7 Å². The molecule has 0 saturated heterocycles. The van der Waals surface area contributed by atoms with E-state index >= 15 is 0 Å². The lowest BCUT2D eigenvalue weighted by atomic mass is 10.0. The van der Waals surface area contributed by atoms with Gasteiger partial charge in [-0.05, 0) is 25.1 Å². The van der Waals surface area contributed by atoms with Gasteiger partial charge in [0, 0.05) is 31.1 Å². The van der Waals surface area contributed by atoms with E-state index in [2.05, 4.69) is 65.6 Å². The van der Waals surface area contributed by atoms with Gasteiger partial charge in [-0.3, -0.25) is 0 Å². The third-order valence-corrected chi connectivity index (χ3v) is 5.51. The molecule has 3 aromatic carbocycles. The molecule has 114 valence electrons. The number of nitrogens with zero attached hydrogens (tertiary/aromatic N) is 2. The Labute approximate surface area is 143 Å². The van der Waals surface area contributed by atoms with Gasteiger partial charge in [0.1, 0.15) is 5.82 Å². The average Bonchev–Trinajstić information content (AvgIpc) is 2.99. The lowest BCUT2D eigenvalue weighted by molar-refractivity contribution is 1.10. The van der Waals surface area contributed by atoms with Gasteiger partial charge in [-0.15, -0.1) is 11.3 Å². The Morgan fingerprint density at radius 3 is 2.38 bits per heavy atom. The van der Waals surface area contributed by atoms with Gasteiger partial charge in [0.2, 0.25) is 0 Å². The predicted molar refractivity (Wildman–Crippen MR) is 103 cm³/mol. The zero-order valence-corrected chi connectivity index (χ0v) is 14.0. The molecule has 0 radical (unpaired) electrons. The summed E-state index contributed by atoms with van der Waals surface area (Å²) in [5.74, 6) is 0.806. The molecule has 0 atom stereocenters. The van der Waals surface area contributed by atoms with Crippen LogP contribution in [0.5, 0.6) is 0 Å². The Hall–Kier alpha value is -2.78. The number of aromatic nitrogens is 2. The number of aryl methyl sites for hydroxylation is 1. The molecule has 0 aliphatic heterocycles. The second-order valence-corrected chi connectivity index (χ2v) is 7.00. The molecule has 5 rings (SSSR count). The summed E-state index contributed by atoms with van der Waals surface area (Å²) in [6, 6.07) is 23.3. The van der Waals surface area contributed by atoms with Crippen LogP contribution in [-0.4, -0.2) is 9.97 Å². The van der Waals surface area contributed by atoms with Gasteiger partial charge in [-0.25, -0.2) is 9.97 Å². The van der Waals surface area contributed by atoms with Crippen molar-refractivity contribution in [3.63, 3.8) is 0 Å². The smallest absolute Gasteiger partial charge is 0.126 e. The van der Waals surface area contributed by atoms with E-state index in [-0.39, 0.29) is 0 Å². The van der Waals surface area contributed by atoms with Crippen LogP contribution >= 0.6 is 11.3 Å². The number of rotatable bonds is 1. The maximum absolute atomic E-state index is 4.80. The van der Waals surface area contributed by atoms with Gasteiger partial charge in [0.05, 0.1) is 11.2 Å². The third-order valence-electron chi connectivity index (χ3n) is 4.37. The van der Waals surface area contributed by atoms with E-state index in [4.69, 9.17) is 4.98 Å². The highest BCUT2D eigenvalue weighted by molar-refractivity contribution is 7.25. The van der Waals surface area contributed by atoms with Crippen molar-refractivity contribution in [2.75, 3.05) is 0 Å². The fraction of sp³-hybridized carbons (Fsp3) is 0.0476. The molecule has 0 bridgehead atoms. The number of hydrogen-bond donors (Lipinski definition) is 0. The van der Waals surface area contributed by atoms with Crippen molar-refractivity contribution in [1.82, 2.24) is 9.97 Å². The lowest BCUT2D eigenvalue weighted by Gasteiger charge is -2.09. The molecule has 0 amide bonds. The number of fused-ring (bicyclic) bond motifs is 4. The highest BCUT2D eigenvalue weighted by atomic mass is 32.1. The molecular weight excluding hydrogens is 312 g/mol. The topological polar surface area (TPSA) is 25.8 Å². The van der Waals surface area contributed by atoms with Gasteiger partial charge in [0.15, 0.2) is 0 Å². The van der Waals surface area contributed by atoms with Gasteiger partial charge in [0.25, 0.3) is 0 Å². The normalized spacial score (nSPS) is 11.5. The lowest BCUT2D eigenvalue weighted by Crippen LogP contribution is -1.94. The maximum Gasteiger partial charge on any atom is 0.126 e. The summed E-state index contributed by atoms with van der Waals surface area (Å²) in [6.45, 7) is 1.96. The minimum atomic E-state index is 0.806. The summed E-state index contributed by atoms with van der Waals surface area (Å²) in [5, 5.41) is 3.70. The molecule has 0 N–H and O–H groups in total. The molecule has 5 aromatic rings. The molecule has 0 unspecified atom stereocenters. The van der Waals surface area contributed by atoms with Gasteiger partial charge in [-0.2, -0.15) is 0 Å². The second-order valence-electron chi connectivity index (χ2n) is 5.91. The second kappa shape index (κ2) is 5.11. The minimum Gasteiger partial charge on any atom is -0.233 e. The number of benzene rings is 3. The summed E-state index contributed by atoms with van der Waals surface area (Å²) in [7, 11) is 0. The molecule has 0 aliphatic rings. The van der Waals surface area contributed by atoms with Gasteiger partial charge in [-0.1, -0.05) is 48.5 Å². The number of hydrogen-bond acceptors (Lipinski definition) is 3. The van der Waals surface area contributed by atoms with Crippen LogP contribution in [-0.2, 0) is 0 Å². The van der Waals surface area contributed by atoms with Crippen molar-refractivity contribution in [2.24, 2.45) is 0 Å². The maximum atomic E-state index is 4.80. The Morgan fingerprint density at radius 1 is 0.708 bits per heavy atom. The fourth-order valence-electron chi connectivity index (χ4n) is 3.37. The van der Waals surface area contributed by atoms with Gasteiger partial charge >= 0.3 is 0 Å². The number of para-hydroxylation sites is 1. The van der Waals surface area contributed by atoms with Crippen LogP contribution in [0.2, 0.25) is 0 Å². The summed E-state index contributed by atoms with van der Waals surface area (Å²) in [4.78, 5) is 9.38. The summed E-state index contributed by atoms with van der Waals surface area (Å²) in [5.41, 5.74) is 3.20. The van der Waals surface area contributed by atoms with Gasteiger partial charge < -0.3 is 0 Å². The molecule has 2 heterocycles. The van der Waals surface area contributed by atoms with E-state index in [0.29, 0.717) is 0 Å². The molecule has 0 spiro atoms. The predicted octanol–water partition coefficient (Wildman–Crippen LogP) is 5.97. The molecule has 24 heavy (non-hydrogen) atoms. The van der Waals surface area contributed by atoms with Crippen LogP contribution in [0, 0.1) is 6.92 Å². The fourth-order valence-corrected chi connectivity index (χ4v) is 4.50. The van der Waals surface area contributed by atoms with Crippen LogP contribution in [0.25, 0.3) is 42.3 Å². The Balaban J connectivity index is 1.97. The molecule has 0 aliphatic carbocycles. The molecule has 0 saturated carbocycles. The summed E-state index contributed by atoms with van der Waals surface area (Å²) in [6.07, 6.45) is 0.